The third-order valence-corrected chi connectivity index (χ3v) is 4.14. The van der Waals surface area contributed by atoms with Crippen LogP contribution in [0.5, 0.6) is 0 Å². The normalized spacial score (nSPS) is 14.7. The number of methoxy groups -OCH3 is 1. The minimum Gasteiger partial charge on any atom is -0.465 e. The van der Waals surface area contributed by atoms with Crippen LogP contribution in [0.25, 0.3) is 0 Å². The Morgan fingerprint density at radius 1 is 1.12 bits per heavy atom. The molecule has 0 atom stereocenters. The third kappa shape index (κ3) is 4.54. The second-order valence-electron chi connectivity index (χ2n) is 5.93. The number of rotatable bonds is 5. The fraction of sp³-hybridized carbons (Fsp3) is 0.333. The number of nitrogens with one attached hydrogen (secondary N) is 1. The van der Waals surface area contributed by atoms with E-state index in [1.54, 1.807) is 42.7 Å². The molecule has 136 valence electrons. The zero-order valence-corrected chi connectivity index (χ0v) is 14.6. The van der Waals surface area contributed by atoms with Crippen molar-refractivity contribution in [3.8, 4) is 0 Å². The van der Waals surface area contributed by atoms with Crippen molar-refractivity contribution in [1.29, 1.82) is 0 Å². The summed E-state index contributed by atoms with van der Waals surface area (Å²) < 4.78 is 4.69. The first-order valence-electron chi connectivity index (χ1n) is 8.38. The van der Waals surface area contributed by atoms with Gasteiger partial charge >= 0.3 is 5.97 Å². The van der Waals surface area contributed by atoms with E-state index >= 15 is 0 Å². The summed E-state index contributed by atoms with van der Waals surface area (Å²) in [5.74, 6) is 0.174. The lowest BCUT2D eigenvalue weighted by Crippen LogP contribution is -2.49. The number of carbonyl (C=O) groups excluding carboxylic acids is 2. The zero-order chi connectivity index (χ0) is 18.4. The standard InChI is InChI=1S/C18H21N5O3/c1-26-17(25)14-4-2-5-15(12-14)21-16(24)13-22-8-10-23(11-9-22)18-19-6-3-7-20-18/h2-7,12H,8-11,13H2,1H3,(H,21,24). The molecule has 0 radical (unpaired) electrons. The lowest BCUT2D eigenvalue weighted by atomic mass is 10.2. The van der Waals surface area contributed by atoms with Crippen molar-refractivity contribution in [2.45, 2.75) is 0 Å². The van der Waals surface area contributed by atoms with Crippen LogP contribution in [0.4, 0.5) is 11.6 Å². The predicted octanol–water partition coefficient (Wildman–Crippen LogP) is 1.02. The number of hydrogen-bond donors (Lipinski definition) is 1. The van der Waals surface area contributed by atoms with Gasteiger partial charge < -0.3 is 15.0 Å². The fourth-order valence-electron chi connectivity index (χ4n) is 2.81. The highest BCUT2D eigenvalue weighted by Gasteiger charge is 2.20. The van der Waals surface area contributed by atoms with Crippen molar-refractivity contribution in [1.82, 2.24) is 14.9 Å². The fourth-order valence-corrected chi connectivity index (χ4v) is 2.81. The number of amides is 1. The summed E-state index contributed by atoms with van der Waals surface area (Å²) in [5.41, 5.74) is 0.982. The second-order valence-corrected chi connectivity index (χ2v) is 5.93. The smallest absolute Gasteiger partial charge is 0.337 e. The van der Waals surface area contributed by atoms with Crippen LogP contribution in [-0.4, -0.2) is 66.6 Å². The van der Waals surface area contributed by atoms with Crippen LogP contribution in [-0.2, 0) is 9.53 Å². The monoisotopic (exact) mass is 355 g/mol. The van der Waals surface area contributed by atoms with Gasteiger partial charge in [0.05, 0.1) is 19.2 Å². The van der Waals surface area contributed by atoms with Gasteiger partial charge in [0.25, 0.3) is 0 Å². The lowest BCUT2D eigenvalue weighted by Gasteiger charge is -2.34. The maximum absolute atomic E-state index is 12.3. The number of benzene rings is 1. The number of carbonyl (C=O) groups is 2. The Morgan fingerprint density at radius 2 is 1.85 bits per heavy atom. The number of anilines is 2. The van der Waals surface area contributed by atoms with Crippen LogP contribution >= 0.6 is 0 Å². The molecule has 2 aromatic rings. The van der Waals surface area contributed by atoms with E-state index in [1.807, 2.05) is 0 Å². The molecule has 26 heavy (non-hydrogen) atoms. The second kappa shape index (κ2) is 8.39. The summed E-state index contributed by atoms with van der Waals surface area (Å²) in [6.07, 6.45) is 3.45. The van der Waals surface area contributed by atoms with Gasteiger partial charge in [-0.3, -0.25) is 9.69 Å². The first kappa shape index (κ1) is 17.8. The molecule has 1 saturated heterocycles. The summed E-state index contributed by atoms with van der Waals surface area (Å²) in [6, 6.07) is 8.50. The molecule has 1 aromatic heterocycles. The Balaban J connectivity index is 1.50. The highest BCUT2D eigenvalue weighted by atomic mass is 16.5. The quantitative estimate of drug-likeness (QED) is 0.801. The molecule has 1 aliphatic heterocycles. The van der Waals surface area contributed by atoms with Gasteiger partial charge in [-0.25, -0.2) is 14.8 Å². The van der Waals surface area contributed by atoms with Crippen molar-refractivity contribution >= 4 is 23.5 Å². The van der Waals surface area contributed by atoms with E-state index in [2.05, 4.69) is 29.8 Å². The number of ether oxygens (including phenoxy) is 1. The van der Waals surface area contributed by atoms with Crippen LogP contribution in [0.1, 0.15) is 10.4 Å². The van der Waals surface area contributed by atoms with E-state index < -0.39 is 5.97 Å². The van der Waals surface area contributed by atoms with Crippen molar-refractivity contribution in [2.24, 2.45) is 0 Å². The number of esters is 1. The largest absolute Gasteiger partial charge is 0.465 e. The van der Waals surface area contributed by atoms with E-state index in [1.165, 1.54) is 7.11 Å². The highest BCUT2D eigenvalue weighted by molar-refractivity contribution is 5.95. The molecule has 3 rings (SSSR count). The lowest BCUT2D eigenvalue weighted by molar-refractivity contribution is -0.117. The molecule has 8 nitrogen and oxygen atoms in total. The Labute approximate surface area is 151 Å². The van der Waals surface area contributed by atoms with Gasteiger partial charge in [0, 0.05) is 44.3 Å². The van der Waals surface area contributed by atoms with E-state index in [4.69, 9.17) is 0 Å². The Morgan fingerprint density at radius 3 is 2.54 bits per heavy atom. The molecule has 1 amide bonds. The van der Waals surface area contributed by atoms with Crippen molar-refractivity contribution in [3.63, 3.8) is 0 Å². The van der Waals surface area contributed by atoms with Crippen molar-refractivity contribution in [2.75, 3.05) is 50.1 Å². The molecule has 0 bridgehead atoms. The molecule has 0 spiro atoms. The molecule has 2 heterocycles. The maximum Gasteiger partial charge on any atom is 0.337 e. The van der Waals surface area contributed by atoms with Crippen molar-refractivity contribution < 1.29 is 14.3 Å². The Bertz CT molecular complexity index is 760. The molecule has 1 N–H and O–H groups in total. The average molecular weight is 355 g/mol. The molecule has 1 aromatic carbocycles. The van der Waals surface area contributed by atoms with Gasteiger partial charge in [-0.15, -0.1) is 0 Å². The van der Waals surface area contributed by atoms with Gasteiger partial charge in [-0.1, -0.05) is 6.07 Å². The summed E-state index contributed by atoms with van der Waals surface area (Å²) >= 11 is 0. The molecule has 0 aliphatic carbocycles. The van der Waals surface area contributed by atoms with Crippen LogP contribution in [0, 0.1) is 0 Å². The molecular weight excluding hydrogens is 334 g/mol. The molecule has 0 saturated carbocycles. The highest BCUT2D eigenvalue weighted by Crippen LogP contribution is 2.13. The van der Waals surface area contributed by atoms with Gasteiger partial charge in [-0.2, -0.15) is 0 Å². The Kier molecular flexibility index (Phi) is 5.75. The third-order valence-electron chi connectivity index (χ3n) is 4.14. The number of hydrogen-bond acceptors (Lipinski definition) is 7. The molecule has 1 fully saturated rings. The van der Waals surface area contributed by atoms with E-state index in [-0.39, 0.29) is 5.91 Å². The molecule has 0 unspecified atom stereocenters. The van der Waals surface area contributed by atoms with Crippen molar-refractivity contribution in [3.05, 3.63) is 48.3 Å². The average Bonchev–Trinajstić information content (AvgIpc) is 2.68. The van der Waals surface area contributed by atoms with E-state index in [0.717, 1.165) is 32.1 Å². The summed E-state index contributed by atoms with van der Waals surface area (Å²) in [5, 5.41) is 2.82. The predicted molar refractivity (Wildman–Crippen MR) is 97.1 cm³/mol. The minimum absolute atomic E-state index is 0.114. The topological polar surface area (TPSA) is 87.7 Å². The van der Waals surface area contributed by atoms with E-state index in [9.17, 15) is 9.59 Å². The molecule has 1 aliphatic rings. The molecular formula is C18H21N5O3. The van der Waals surface area contributed by atoms with Crippen LogP contribution in [0.3, 0.4) is 0 Å². The van der Waals surface area contributed by atoms with Gasteiger partial charge in [0.15, 0.2) is 0 Å². The number of nitrogens with zero attached hydrogens (tertiary/aromatic N) is 4. The summed E-state index contributed by atoms with van der Waals surface area (Å²) in [6.45, 7) is 3.36. The van der Waals surface area contributed by atoms with Gasteiger partial charge in [-0.05, 0) is 24.3 Å². The summed E-state index contributed by atoms with van der Waals surface area (Å²) in [7, 11) is 1.33. The minimum atomic E-state index is -0.430. The van der Waals surface area contributed by atoms with Crippen LogP contribution in [0.15, 0.2) is 42.7 Å². The van der Waals surface area contributed by atoms with E-state index in [0.29, 0.717) is 17.8 Å². The van der Waals surface area contributed by atoms with Gasteiger partial charge in [0.1, 0.15) is 0 Å². The van der Waals surface area contributed by atoms with Crippen LogP contribution in [0.2, 0.25) is 0 Å². The first-order valence-corrected chi connectivity index (χ1v) is 8.38. The maximum atomic E-state index is 12.3. The van der Waals surface area contributed by atoms with Crippen LogP contribution < -0.4 is 10.2 Å². The molecule has 8 heteroatoms. The SMILES string of the molecule is COC(=O)c1cccc(NC(=O)CN2CCN(c3ncccn3)CC2)c1. The number of aromatic nitrogens is 2. The first-order chi connectivity index (χ1) is 12.7. The Hall–Kier alpha value is -3.00. The number of piperazine rings is 1. The van der Waals surface area contributed by atoms with Gasteiger partial charge in [0.2, 0.25) is 11.9 Å². The zero-order valence-electron chi connectivity index (χ0n) is 14.6. The summed E-state index contributed by atoms with van der Waals surface area (Å²) in [4.78, 5) is 36.5.